The van der Waals surface area contributed by atoms with Crippen molar-refractivity contribution in [3.8, 4) is 0 Å². The first-order valence-electron chi connectivity index (χ1n) is 6.31. The summed E-state index contributed by atoms with van der Waals surface area (Å²) in [6.07, 6.45) is 0. The van der Waals surface area contributed by atoms with Gasteiger partial charge in [-0.2, -0.15) is 0 Å². The van der Waals surface area contributed by atoms with Crippen molar-refractivity contribution in [2.75, 3.05) is 26.2 Å². The molecule has 0 unspecified atom stereocenters. The van der Waals surface area contributed by atoms with Crippen molar-refractivity contribution < 1.29 is 9.59 Å². The Kier molecular flexibility index (Phi) is 4.83. The van der Waals surface area contributed by atoms with Gasteiger partial charge in [0.2, 0.25) is 5.91 Å². The van der Waals surface area contributed by atoms with Crippen LogP contribution in [0.4, 0.5) is 0 Å². The Morgan fingerprint density at radius 1 is 1.21 bits per heavy atom. The van der Waals surface area contributed by atoms with Crippen LogP contribution in [-0.2, 0) is 4.79 Å². The van der Waals surface area contributed by atoms with Gasteiger partial charge in [0.05, 0.1) is 8.45 Å². The highest BCUT2D eigenvalue weighted by atomic mass is 127. The Balaban J connectivity index is 1.93. The molecule has 0 radical (unpaired) electrons. The maximum absolute atomic E-state index is 12.2. The zero-order valence-electron chi connectivity index (χ0n) is 11.1. The lowest BCUT2D eigenvalue weighted by Gasteiger charge is -2.35. The molecule has 6 heteroatoms. The molecule has 1 fully saturated rings. The van der Waals surface area contributed by atoms with E-state index in [0.717, 1.165) is 8.45 Å². The van der Waals surface area contributed by atoms with Gasteiger partial charge >= 0.3 is 0 Å². The molecule has 2 amide bonds. The first-order valence-corrected chi connectivity index (χ1v) is 8.27. The van der Waals surface area contributed by atoms with E-state index in [4.69, 9.17) is 0 Å². The number of amides is 2. The molecule has 0 aromatic carbocycles. The molecule has 0 spiro atoms. The van der Waals surface area contributed by atoms with Gasteiger partial charge in [0.15, 0.2) is 0 Å². The number of halogens is 1. The number of thiophene rings is 1. The highest BCUT2D eigenvalue weighted by Gasteiger charge is 2.26. The highest BCUT2D eigenvalue weighted by molar-refractivity contribution is 14.1. The molecule has 1 saturated heterocycles. The van der Waals surface area contributed by atoms with Crippen LogP contribution in [-0.4, -0.2) is 47.8 Å². The van der Waals surface area contributed by atoms with Gasteiger partial charge < -0.3 is 9.80 Å². The molecule has 0 N–H and O–H groups in total. The first kappa shape index (κ1) is 14.8. The molecule has 19 heavy (non-hydrogen) atoms. The van der Waals surface area contributed by atoms with E-state index in [1.54, 1.807) is 11.3 Å². The molecule has 0 bridgehead atoms. The van der Waals surface area contributed by atoms with Crippen molar-refractivity contribution in [3.05, 3.63) is 19.9 Å². The van der Waals surface area contributed by atoms with E-state index >= 15 is 0 Å². The minimum atomic E-state index is 0.0284. The predicted molar refractivity (Wildman–Crippen MR) is 84.4 cm³/mol. The van der Waals surface area contributed by atoms with Crippen LogP contribution in [0.15, 0.2) is 11.4 Å². The summed E-state index contributed by atoms with van der Waals surface area (Å²) in [5.74, 6) is 0.286. The number of hydrogen-bond acceptors (Lipinski definition) is 3. The fraction of sp³-hybridized carbons (Fsp3) is 0.538. The zero-order chi connectivity index (χ0) is 14.0. The Hall–Kier alpha value is -0.630. The predicted octanol–water partition coefficient (Wildman–Crippen LogP) is 2.29. The molecule has 104 valence electrons. The Labute approximate surface area is 130 Å². The first-order chi connectivity index (χ1) is 8.99. The number of piperazine rings is 1. The van der Waals surface area contributed by atoms with Crippen LogP contribution in [0, 0.1) is 8.80 Å². The molecular weight excluding hydrogens is 375 g/mol. The van der Waals surface area contributed by atoms with Crippen LogP contribution < -0.4 is 0 Å². The second-order valence-corrected chi connectivity index (χ2v) is 7.72. The molecule has 1 aliphatic heterocycles. The summed E-state index contributed by atoms with van der Waals surface area (Å²) >= 11 is 3.80. The number of hydrogen-bond donors (Lipinski definition) is 0. The zero-order valence-corrected chi connectivity index (χ0v) is 14.0. The molecule has 0 saturated carbocycles. The third-order valence-electron chi connectivity index (χ3n) is 3.19. The van der Waals surface area contributed by atoms with Gasteiger partial charge in [-0.1, -0.05) is 13.8 Å². The molecular formula is C13H17IN2O2S. The van der Waals surface area contributed by atoms with Gasteiger partial charge in [-0.25, -0.2) is 0 Å². The smallest absolute Gasteiger partial charge is 0.254 e. The van der Waals surface area contributed by atoms with Gasteiger partial charge in [0.1, 0.15) is 0 Å². The van der Waals surface area contributed by atoms with E-state index < -0.39 is 0 Å². The SMILES string of the molecule is CC(C)C(=O)N1CCN(C(=O)c2csc(I)c2)CC1. The molecule has 2 heterocycles. The van der Waals surface area contributed by atoms with Crippen LogP contribution >= 0.6 is 33.9 Å². The molecule has 0 aliphatic carbocycles. The Morgan fingerprint density at radius 2 is 1.79 bits per heavy atom. The maximum atomic E-state index is 12.2. The topological polar surface area (TPSA) is 40.6 Å². The van der Waals surface area contributed by atoms with E-state index in [0.29, 0.717) is 26.2 Å². The summed E-state index contributed by atoms with van der Waals surface area (Å²) in [6.45, 7) is 6.36. The molecule has 2 rings (SSSR count). The highest BCUT2D eigenvalue weighted by Crippen LogP contribution is 2.19. The summed E-state index contributed by atoms with van der Waals surface area (Å²) in [6, 6.07) is 1.92. The summed E-state index contributed by atoms with van der Waals surface area (Å²) < 4.78 is 1.12. The number of nitrogens with zero attached hydrogens (tertiary/aromatic N) is 2. The van der Waals surface area contributed by atoms with E-state index in [1.807, 2.05) is 35.1 Å². The third kappa shape index (κ3) is 3.47. The minimum absolute atomic E-state index is 0.0284. The lowest BCUT2D eigenvalue weighted by atomic mass is 10.1. The summed E-state index contributed by atoms with van der Waals surface area (Å²) in [4.78, 5) is 27.8. The maximum Gasteiger partial charge on any atom is 0.254 e. The van der Waals surface area contributed by atoms with Gasteiger partial charge in [0.25, 0.3) is 5.91 Å². The van der Waals surface area contributed by atoms with Crippen molar-refractivity contribution in [2.24, 2.45) is 5.92 Å². The molecule has 1 aromatic rings. The average Bonchev–Trinajstić information content (AvgIpc) is 2.84. The quantitative estimate of drug-likeness (QED) is 0.725. The van der Waals surface area contributed by atoms with E-state index in [1.165, 1.54) is 0 Å². The molecule has 1 aliphatic rings. The van der Waals surface area contributed by atoms with Crippen LogP contribution in [0.1, 0.15) is 24.2 Å². The summed E-state index contributed by atoms with van der Waals surface area (Å²) in [5.41, 5.74) is 0.762. The lowest BCUT2D eigenvalue weighted by molar-refractivity contribution is -0.135. The second kappa shape index (κ2) is 6.21. The summed E-state index contributed by atoms with van der Waals surface area (Å²) in [5, 5.41) is 1.90. The number of rotatable bonds is 2. The number of carbonyl (C=O) groups excluding carboxylic acids is 2. The standard InChI is InChI=1S/C13H17IN2O2S/c1-9(2)12(17)15-3-5-16(6-4-15)13(18)10-7-11(14)19-8-10/h7-9H,3-6H2,1-2H3. The fourth-order valence-corrected chi connectivity index (χ4v) is 3.42. The van der Waals surface area contributed by atoms with Gasteiger partial charge in [0, 0.05) is 37.5 Å². The minimum Gasteiger partial charge on any atom is -0.339 e. The lowest BCUT2D eigenvalue weighted by Crippen LogP contribution is -2.51. The van der Waals surface area contributed by atoms with Crippen LogP contribution in [0.5, 0.6) is 0 Å². The van der Waals surface area contributed by atoms with E-state index in [2.05, 4.69) is 22.6 Å². The van der Waals surface area contributed by atoms with Crippen LogP contribution in [0.25, 0.3) is 0 Å². The van der Waals surface area contributed by atoms with Crippen molar-refractivity contribution in [1.82, 2.24) is 9.80 Å². The second-order valence-electron chi connectivity index (χ2n) is 4.91. The summed E-state index contributed by atoms with van der Waals surface area (Å²) in [7, 11) is 0. The number of carbonyl (C=O) groups is 2. The molecule has 4 nitrogen and oxygen atoms in total. The Morgan fingerprint density at radius 3 is 2.26 bits per heavy atom. The van der Waals surface area contributed by atoms with Crippen LogP contribution in [0.2, 0.25) is 0 Å². The monoisotopic (exact) mass is 392 g/mol. The van der Waals surface area contributed by atoms with Gasteiger partial charge in [-0.3, -0.25) is 9.59 Å². The third-order valence-corrected chi connectivity index (χ3v) is 4.98. The Bertz CT molecular complexity index is 479. The van der Waals surface area contributed by atoms with E-state index in [9.17, 15) is 9.59 Å². The van der Waals surface area contributed by atoms with Crippen LogP contribution in [0.3, 0.4) is 0 Å². The van der Waals surface area contributed by atoms with Crippen molar-refractivity contribution in [2.45, 2.75) is 13.8 Å². The van der Waals surface area contributed by atoms with Crippen molar-refractivity contribution in [3.63, 3.8) is 0 Å². The largest absolute Gasteiger partial charge is 0.339 e. The fourth-order valence-electron chi connectivity index (χ4n) is 2.10. The molecule has 0 atom stereocenters. The molecule has 1 aromatic heterocycles. The average molecular weight is 392 g/mol. The van der Waals surface area contributed by atoms with Gasteiger partial charge in [-0.05, 0) is 28.7 Å². The van der Waals surface area contributed by atoms with Crippen molar-refractivity contribution in [1.29, 1.82) is 0 Å². The van der Waals surface area contributed by atoms with Gasteiger partial charge in [-0.15, -0.1) is 11.3 Å². The van der Waals surface area contributed by atoms with Crippen molar-refractivity contribution >= 4 is 45.7 Å². The van der Waals surface area contributed by atoms with E-state index in [-0.39, 0.29) is 17.7 Å². The normalized spacial score (nSPS) is 16.0.